The van der Waals surface area contributed by atoms with E-state index < -0.39 is 0 Å². The molecule has 0 radical (unpaired) electrons. The molecule has 2 aromatic heterocycles. The largest absolute Gasteiger partial charge is 0.444 e. The van der Waals surface area contributed by atoms with Crippen LogP contribution in [0.15, 0.2) is 53.4 Å². The lowest BCUT2D eigenvalue weighted by molar-refractivity contribution is 0.574. The van der Waals surface area contributed by atoms with Gasteiger partial charge in [-0.25, -0.2) is 9.37 Å². The van der Waals surface area contributed by atoms with Gasteiger partial charge in [0.05, 0.1) is 5.56 Å². The fourth-order valence-corrected chi connectivity index (χ4v) is 1.87. The van der Waals surface area contributed by atoms with Gasteiger partial charge < -0.3 is 4.42 Å². The molecular formula is C15H11FN2O. The Kier molecular flexibility index (Phi) is 2.83. The molecule has 0 amide bonds. The third-order valence-corrected chi connectivity index (χ3v) is 2.89. The van der Waals surface area contributed by atoms with E-state index in [0.717, 1.165) is 11.1 Å². The lowest BCUT2D eigenvalue weighted by atomic mass is 10.1. The molecule has 94 valence electrons. The molecule has 2 heterocycles. The minimum absolute atomic E-state index is 0.292. The van der Waals surface area contributed by atoms with Gasteiger partial charge in [0, 0.05) is 18.0 Å². The first-order valence-corrected chi connectivity index (χ1v) is 5.86. The van der Waals surface area contributed by atoms with E-state index in [2.05, 4.69) is 9.97 Å². The first-order valence-electron chi connectivity index (χ1n) is 5.86. The van der Waals surface area contributed by atoms with Crippen LogP contribution in [-0.2, 0) is 0 Å². The highest BCUT2D eigenvalue weighted by atomic mass is 19.1. The Labute approximate surface area is 109 Å². The maximum Gasteiger partial charge on any atom is 0.228 e. The molecule has 3 aromatic rings. The summed E-state index contributed by atoms with van der Waals surface area (Å²) in [6.07, 6.45) is 4.95. The first kappa shape index (κ1) is 11.6. The van der Waals surface area contributed by atoms with Crippen LogP contribution in [0, 0.1) is 12.7 Å². The normalized spacial score (nSPS) is 10.6. The van der Waals surface area contributed by atoms with E-state index >= 15 is 0 Å². The lowest BCUT2D eigenvalue weighted by Crippen LogP contribution is -1.85. The number of nitrogens with zero attached hydrogens (tertiary/aromatic N) is 2. The molecular weight excluding hydrogens is 243 g/mol. The van der Waals surface area contributed by atoms with Crippen molar-refractivity contribution in [3.05, 3.63) is 60.4 Å². The number of benzene rings is 1. The summed E-state index contributed by atoms with van der Waals surface area (Å²) < 4.78 is 18.6. The zero-order chi connectivity index (χ0) is 13.2. The Morgan fingerprint density at radius 3 is 2.89 bits per heavy atom. The zero-order valence-electron chi connectivity index (χ0n) is 10.3. The van der Waals surface area contributed by atoms with Crippen molar-refractivity contribution in [1.82, 2.24) is 9.97 Å². The SMILES string of the molecule is Cc1ccncc1-c1nc(-c2cccc(F)c2)co1. The fourth-order valence-electron chi connectivity index (χ4n) is 1.87. The number of pyridine rings is 1. The third-order valence-electron chi connectivity index (χ3n) is 2.89. The molecule has 4 heteroatoms. The Morgan fingerprint density at radius 1 is 1.21 bits per heavy atom. The molecule has 0 atom stereocenters. The zero-order valence-corrected chi connectivity index (χ0v) is 10.3. The highest BCUT2D eigenvalue weighted by Crippen LogP contribution is 2.26. The summed E-state index contributed by atoms with van der Waals surface area (Å²) in [6.45, 7) is 1.96. The summed E-state index contributed by atoms with van der Waals surface area (Å²) in [5.74, 6) is 0.199. The van der Waals surface area contributed by atoms with Gasteiger partial charge in [-0.15, -0.1) is 0 Å². The second-order valence-corrected chi connectivity index (χ2v) is 4.24. The molecule has 0 unspecified atom stereocenters. The van der Waals surface area contributed by atoms with E-state index in [1.54, 1.807) is 24.5 Å². The molecule has 3 rings (SSSR count). The molecule has 0 saturated carbocycles. The minimum Gasteiger partial charge on any atom is -0.444 e. The number of oxazole rings is 1. The van der Waals surface area contributed by atoms with E-state index in [1.807, 2.05) is 13.0 Å². The van der Waals surface area contributed by atoms with E-state index in [-0.39, 0.29) is 5.82 Å². The van der Waals surface area contributed by atoms with Gasteiger partial charge in [0.1, 0.15) is 17.8 Å². The van der Waals surface area contributed by atoms with Gasteiger partial charge in [-0.1, -0.05) is 12.1 Å². The maximum absolute atomic E-state index is 13.2. The van der Waals surface area contributed by atoms with Crippen molar-refractivity contribution in [1.29, 1.82) is 0 Å². The summed E-state index contributed by atoms with van der Waals surface area (Å²) in [4.78, 5) is 8.44. The summed E-state index contributed by atoms with van der Waals surface area (Å²) in [5.41, 5.74) is 3.17. The minimum atomic E-state index is -0.292. The Balaban J connectivity index is 2.03. The van der Waals surface area contributed by atoms with Crippen molar-refractivity contribution in [2.45, 2.75) is 6.92 Å². The Hall–Kier alpha value is -2.49. The van der Waals surface area contributed by atoms with Crippen LogP contribution in [0.2, 0.25) is 0 Å². The summed E-state index contributed by atoms with van der Waals surface area (Å²) in [6, 6.07) is 8.16. The van der Waals surface area contributed by atoms with E-state index in [0.29, 0.717) is 17.1 Å². The predicted octanol–water partition coefficient (Wildman–Crippen LogP) is 3.85. The maximum atomic E-state index is 13.2. The number of rotatable bonds is 2. The predicted molar refractivity (Wildman–Crippen MR) is 69.9 cm³/mol. The highest BCUT2D eigenvalue weighted by Gasteiger charge is 2.10. The summed E-state index contributed by atoms with van der Waals surface area (Å²) >= 11 is 0. The molecule has 0 saturated heterocycles. The molecule has 0 spiro atoms. The van der Waals surface area contributed by atoms with Crippen LogP contribution in [0.5, 0.6) is 0 Å². The van der Waals surface area contributed by atoms with Crippen molar-refractivity contribution in [2.24, 2.45) is 0 Å². The van der Waals surface area contributed by atoms with Gasteiger partial charge in [0.15, 0.2) is 0 Å². The smallest absolute Gasteiger partial charge is 0.228 e. The number of halogens is 1. The third kappa shape index (κ3) is 2.25. The molecule has 1 aromatic carbocycles. The second-order valence-electron chi connectivity index (χ2n) is 4.24. The van der Waals surface area contributed by atoms with Crippen molar-refractivity contribution in [3.63, 3.8) is 0 Å². The average Bonchev–Trinajstić information content (AvgIpc) is 2.89. The van der Waals surface area contributed by atoms with Crippen LogP contribution in [0.1, 0.15) is 5.56 Å². The van der Waals surface area contributed by atoms with Crippen LogP contribution >= 0.6 is 0 Å². The van der Waals surface area contributed by atoms with Crippen molar-refractivity contribution < 1.29 is 8.81 Å². The van der Waals surface area contributed by atoms with E-state index in [4.69, 9.17) is 4.42 Å². The number of aromatic nitrogens is 2. The Bertz CT molecular complexity index is 721. The standard InChI is InChI=1S/C15H11FN2O/c1-10-5-6-17-8-13(10)15-18-14(9-19-15)11-3-2-4-12(16)7-11/h2-9H,1H3. The summed E-state index contributed by atoms with van der Waals surface area (Å²) in [5, 5.41) is 0. The van der Waals surface area contributed by atoms with Gasteiger partial charge in [-0.2, -0.15) is 0 Å². The van der Waals surface area contributed by atoms with Crippen LogP contribution in [-0.4, -0.2) is 9.97 Å². The fraction of sp³-hybridized carbons (Fsp3) is 0.0667. The molecule has 0 bridgehead atoms. The molecule has 19 heavy (non-hydrogen) atoms. The molecule has 0 fully saturated rings. The number of hydrogen-bond acceptors (Lipinski definition) is 3. The average molecular weight is 254 g/mol. The van der Waals surface area contributed by atoms with Crippen molar-refractivity contribution >= 4 is 0 Å². The number of aryl methyl sites for hydroxylation is 1. The Morgan fingerprint density at radius 2 is 2.11 bits per heavy atom. The molecule has 0 aliphatic rings. The van der Waals surface area contributed by atoms with Crippen LogP contribution in [0.25, 0.3) is 22.7 Å². The number of hydrogen-bond donors (Lipinski definition) is 0. The van der Waals surface area contributed by atoms with Crippen molar-refractivity contribution in [2.75, 3.05) is 0 Å². The van der Waals surface area contributed by atoms with Crippen LogP contribution in [0.4, 0.5) is 4.39 Å². The van der Waals surface area contributed by atoms with Gasteiger partial charge in [-0.05, 0) is 30.7 Å². The monoisotopic (exact) mass is 254 g/mol. The van der Waals surface area contributed by atoms with Gasteiger partial charge in [0.25, 0.3) is 0 Å². The quantitative estimate of drug-likeness (QED) is 0.697. The van der Waals surface area contributed by atoms with E-state index in [1.165, 1.54) is 18.4 Å². The van der Waals surface area contributed by atoms with Gasteiger partial charge in [-0.3, -0.25) is 4.98 Å². The second kappa shape index (κ2) is 4.65. The topological polar surface area (TPSA) is 38.9 Å². The lowest BCUT2D eigenvalue weighted by Gasteiger charge is -1.98. The highest BCUT2D eigenvalue weighted by molar-refractivity contribution is 5.63. The van der Waals surface area contributed by atoms with Crippen molar-refractivity contribution in [3.8, 4) is 22.7 Å². The first-order chi connectivity index (χ1) is 9.24. The molecule has 0 aliphatic heterocycles. The van der Waals surface area contributed by atoms with Gasteiger partial charge in [0.2, 0.25) is 5.89 Å². The van der Waals surface area contributed by atoms with Gasteiger partial charge >= 0.3 is 0 Å². The summed E-state index contributed by atoms with van der Waals surface area (Å²) in [7, 11) is 0. The van der Waals surface area contributed by atoms with Crippen LogP contribution < -0.4 is 0 Å². The van der Waals surface area contributed by atoms with E-state index in [9.17, 15) is 4.39 Å². The molecule has 3 nitrogen and oxygen atoms in total. The molecule has 0 N–H and O–H groups in total. The van der Waals surface area contributed by atoms with Crippen LogP contribution in [0.3, 0.4) is 0 Å². The molecule has 0 aliphatic carbocycles.